The predicted octanol–water partition coefficient (Wildman–Crippen LogP) is 2.12. The van der Waals surface area contributed by atoms with Gasteiger partial charge in [0.25, 0.3) is 0 Å². The smallest absolute Gasteiger partial charge is 0.242 e. The molecule has 0 saturated carbocycles. The van der Waals surface area contributed by atoms with Gasteiger partial charge >= 0.3 is 0 Å². The number of carbonyl (C=O) groups is 1. The third-order valence-corrected chi connectivity index (χ3v) is 6.61. The van der Waals surface area contributed by atoms with Gasteiger partial charge in [-0.1, -0.05) is 26.0 Å². The summed E-state index contributed by atoms with van der Waals surface area (Å²) in [5.41, 5.74) is 3.42. The molecule has 1 saturated heterocycles. The van der Waals surface area contributed by atoms with Crippen LogP contribution in [0.25, 0.3) is 0 Å². The van der Waals surface area contributed by atoms with Gasteiger partial charge in [0.1, 0.15) is 0 Å². The van der Waals surface area contributed by atoms with E-state index in [1.54, 1.807) is 4.90 Å². The van der Waals surface area contributed by atoms with Crippen molar-refractivity contribution in [3.63, 3.8) is 0 Å². The highest BCUT2D eigenvalue weighted by atomic mass is 32.2. The molecule has 1 fully saturated rings. The number of fused-ring (bicyclic) bond motifs is 1. The first kappa shape index (κ1) is 16.5. The van der Waals surface area contributed by atoms with Gasteiger partial charge in [-0.25, -0.2) is 8.42 Å². The van der Waals surface area contributed by atoms with E-state index in [-0.39, 0.29) is 18.2 Å². The number of carbonyl (C=O) groups excluding carboxylic acids is 1. The lowest BCUT2D eigenvalue weighted by Gasteiger charge is -2.31. The van der Waals surface area contributed by atoms with Crippen LogP contribution < -0.4 is 4.90 Å². The zero-order chi connectivity index (χ0) is 16.6. The molecule has 3 rings (SSSR count). The molecular weight excluding hydrogens is 312 g/mol. The van der Waals surface area contributed by atoms with Crippen molar-refractivity contribution >= 4 is 21.6 Å². The summed E-state index contributed by atoms with van der Waals surface area (Å²) < 4.78 is 25.1. The van der Waals surface area contributed by atoms with E-state index < -0.39 is 10.0 Å². The highest BCUT2D eigenvalue weighted by Crippen LogP contribution is 2.30. The zero-order valence-corrected chi connectivity index (χ0v) is 14.6. The molecule has 2 aliphatic rings. The maximum atomic E-state index is 12.6. The number of benzene rings is 1. The van der Waals surface area contributed by atoms with E-state index >= 15 is 0 Å². The number of nitrogens with zero attached hydrogens (tertiary/aromatic N) is 2. The minimum absolute atomic E-state index is 0.0340. The monoisotopic (exact) mass is 336 g/mol. The lowest BCUT2D eigenvalue weighted by molar-refractivity contribution is -0.118. The molecular formula is C17H24N2O3S. The van der Waals surface area contributed by atoms with Crippen molar-refractivity contribution in [3.8, 4) is 0 Å². The van der Waals surface area contributed by atoms with Gasteiger partial charge < -0.3 is 4.90 Å². The summed E-state index contributed by atoms with van der Waals surface area (Å²) in [4.78, 5) is 14.4. The first-order chi connectivity index (χ1) is 10.9. The maximum absolute atomic E-state index is 12.6. The quantitative estimate of drug-likeness (QED) is 0.849. The Hall–Kier alpha value is -1.40. The van der Waals surface area contributed by atoms with Gasteiger partial charge in [0, 0.05) is 18.8 Å². The third-order valence-electron chi connectivity index (χ3n) is 4.70. The van der Waals surface area contributed by atoms with Crippen LogP contribution in [0.3, 0.4) is 0 Å². The number of sulfonamides is 1. The van der Waals surface area contributed by atoms with Crippen LogP contribution in [0.2, 0.25) is 0 Å². The Labute approximate surface area is 138 Å². The van der Waals surface area contributed by atoms with E-state index in [4.69, 9.17) is 0 Å². The molecule has 126 valence electrons. The number of aryl methyl sites for hydroxylation is 1. The van der Waals surface area contributed by atoms with Crippen molar-refractivity contribution in [3.05, 3.63) is 29.3 Å². The van der Waals surface area contributed by atoms with Gasteiger partial charge in [-0.2, -0.15) is 4.31 Å². The molecule has 0 unspecified atom stereocenters. The zero-order valence-electron chi connectivity index (χ0n) is 13.8. The molecule has 0 aromatic heterocycles. The minimum atomic E-state index is -3.23. The number of rotatable bonds is 3. The average Bonchev–Trinajstić information content (AvgIpc) is 2.84. The van der Waals surface area contributed by atoms with E-state index in [1.807, 2.05) is 6.07 Å². The molecule has 23 heavy (non-hydrogen) atoms. The summed E-state index contributed by atoms with van der Waals surface area (Å²) in [6, 6.07) is 6.27. The molecule has 0 bridgehead atoms. The Kier molecular flexibility index (Phi) is 4.47. The summed E-state index contributed by atoms with van der Waals surface area (Å²) >= 11 is 0. The van der Waals surface area contributed by atoms with Crippen molar-refractivity contribution in [2.75, 3.05) is 30.3 Å². The van der Waals surface area contributed by atoms with Crippen LogP contribution in [0.1, 0.15) is 43.7 Å². The van der Waals surface area contributed by atoms with Gasteiger partial charge in [-0.05, 0) is 42.4 Å². The summed E-state index contributed by atoms with van der Waals surface area (Å²) in [5.74, 6) is 0.504. The van der Waals surface area contributed by atoms with Crippen LogP contribution in [-0.4, -0.2) is 44.0 Å². The maximum Gasteiger partial charge on any atom is 0.242 e. The fourth-order valence-electron chi connectivity index (χ4n) is 3.34. The summed E-state index contributed by atoms with van der Waals surface area (Å²) in [6.07, 6.45) is 2.51. The summed E-state index contributed by atoms with van der Waals surface area (Å²) in [6.45, 7) is 5.41. The van der Waals surface area contributed by atoms with Gasteiger partial charge in [0.05, 0.1) is 12.3 Å². The van der Waals surface area contributed by atoms with Crippen LogP contribution >= 0.6 is 0 Å². The number of hydrogen-bond acceptors (Lipinski definition) is 3. The van der Waals surface area contributed by atoms with Crippen molar-refractivity contribution in [1.29, 1.82) is 0 Å². The summed E-state index contributed by atoms with van der Waals surface area (Å²) in [7, 11) is -3.23. The predicted molar refractivity (Wildman–Crippen MR) is 91.2 cm³/mol. The third kappa shape index (κ3) is 3.28. The Bertz CT molecular complexity index is 713. The molecule has 5 nitrogen and oxygen atoms in total. The van der Waals surface area contributed by atoms with Crippen molar-refractivity contribution in [2.45, 2.75) is 39.0 Å². The lowest BCUT2D eigenvalue weighted by atomic mass is 9.95. The van der Waals surface area contributed by atoms with Crippen molar-refractivity contribution in [1.82, 2.24) is 4.31 Å². The second kappa shape index (κ2) is 6.24. The first-order valence-electron chi connectivity index (χ1n) is 8.29. The second-order valence-electron chi connectivity index (χ2n) is 6.69. The number of amides is 1. The van der Waals surface area contributed by atoms with E-state index in [0.717, 1.165) is 18.5 Å². The van der Waals surface area contributed by atoms with Gasteiger partial charge in [-0.15, -0.1) is 0 Å². The lowest BCUT2D eigenvalue weighted by Crippen LogP contribution is -2.43. The van der Waals surface area contributed by atoms with Gasteiger partial charge in [-0.3, -0.25) is 4.79 Å². The van der Waals surface area contributed by atoms with E-state index in [9.17, 15) is 13.2 Å². The Balaban J connectivity index is 1.81. The Morgan fingerprint density at radius 1 is 1.22 bits per heavy atom. The van der Waals surface area contributed by atoms with Crippen LogP contribution in [0.5, 0.6) is 0 Å². The van der Waals surface area contributed by atoms with E-state index in [2.05, 4.69) is 26.0 Å². The van der Waals surface area contributed by atoms with E-state index in [0.29, 0.717) is 25.4 Å². The molecule has 0 radical (unpaired) electrons. The molecule has 2 aliphatic heterocycles. The molecule has 0 atom stereocenters. The number of hydrogen-bond donors (Lipinski definition) is 0. The molecule has 1 amide bonds. The SMILES string of the molecule is CC(C)c1ccc2c(c1)CCCN2C(=O)CN1CCCS1(=O)=O. The molecule has 0 spiro atoms. The second-order valence-corrected chi connectivity index (χ2v) is 8.78. The molecule has 1 aromatic carbocycles. The molecule has 2 heterocycles. The molecule has 6 heteroatoms. The van der Waals surface area contributed by atoms with Crippen LogP contribution in [0.15, 0.2) is 18.2 Å². The topological polar surface area (TPSA) is 57.7 Å². The van der Waals surface area contributed by atoms with Crippen LogP contribution in [0.4, 0.5) is 5.69 Å². The standard InChI is InChI=1S/C17H24N2O3S/c1-13(2)14-6-7-16-15(11-14)5-3-9-19(16)17(20)12-18-8-4-10-23(18,21)22/h6-7,11,13H,3-5,8-10,12H2,1-2H3. The fraction of sp³-hybridized carbons (Fsp3) is 0.588. The first-order valence-corrected chi connectivity index (χ1v) is 9.90. The average molecular weight is 336 g/mol. The Morgan fingerprint density at radius 2 is 2.00 bits per heavy atom. The number of anilines is 1. The fourth-order valence-corrected chi connectivity index (χ4v) is 4.81. The normalized spacial score (nSPS) is 20.7. The Morgan fingerprint density at radius 3 is 2.65 bits per heavy atom. The largest absolute Gasteiger partial charge is 0.311 e. The summed E-state index contributed by atoms with van der Waals surface area (Å²) in [5, 5.41) is 0. The van der Waals surface area contributed by atoms with E-state index in [1.165, 1.54) is 15.4 Å². The molecule has 1 aromatic rings. The van der Waals surface area contributed by atoms with Gasteiger partial charge in [0.15, 0.2) is 0 Å². The minimum Gasteiger partial charge on any atom is -0.311 e. The van der Waals surface area contributed by atoms with Crippen LogP contribution in [0, 0.1) is 0 Å². The highest BCUT2D eigenvalue weighted by molar-refractivity contribution is 7.89. The molecule has 0 N–H and O–H groups in total. The van der Waals surface area contributed by atoms with Crippen molar-refractivity contribution < 1.29 is 13.2 Å². The van der Waals surface area contributed by atoms with Gasteiger partial charge in [0.2, 0.25) is 15.9 Å². The molecule has 0 aliphatic carbocycles. The highest BCUT2D eigenvalue weighted by Gasteiger charge is 2.32. The van der Waals surface area contributed by atoms with Crippen LogP contribution in [-0.2, 0) is 21.2 Å². The van der Waals surface area contributed by atoms with Crippen molar-refractivity contribution in [2.24, 2.45) is 0 Å².